The number of hydrogen-bond acceptors (Lipinski definition) is 4. The maximum atomic E-state index is 12.8. The summed E-state index contributed by atoms with van der Waals surface area (Å²) in [5, 5.41) is 5.54. The SMILES string of the molecule is O=C(Nc1ccc2c(c1)N(C(=O)c1ccco1)CCC2)C(=O)NC1CCCCCC1. The second-order valence-corrected chi connectivity index (χ2v) is 8.00. The molecule has 1 aliphatic heterocycles. The van der Waals surface area contributed by atoms with Gasteiger partial charge in [0.25, 0.3) is 5.91 Å². The van der Waals surface area contributed by atoms with Crippen LogP contribution in [-0.4, -0.2) is 30.3 Å². The van der Waals surface area contributed by atoms with Crippen LogP contribution in [0, 0.1) is 0 Å². The minimum atomic E-state index is -0.682. The van der Waals surface area contributed by atoms with Crippen molar-refractivity contribution in [1.29, 1.82) is 0 Å². The van der Waals surface area contributed by atoms with Gasteiger partial charge in [0.2, 0.25) is 0 Å². The molecule has 3 amide bonds. The fourth-order valence-corrected chi connectivity index (χ4v) is 4.26. The van der Waals surface area contributed by atoms with Crippen LogP contribution < -0.4 is 15.5 Å². The molecule has 1 aliphatic carbocycles. The smallest absolute Gasteiger partial charge is 0.313 e. The van der Waals surface area contributed by atoms with E-state index in [4.69, 9.17) is 4.42 Å². The molecule has 2 N–H and O–H groups in total. The second kappa shape index (κ2) is 9.15. The lowest BCUT2D eigenvalue weighted by Gasteiger charge is -2.29. The minimum absolute atomic E-state index is 0.0655. The Labute approximate surface area is 175 Å². The summed E-state index contributed by atoms with van der Waals surface area (Å²) in [6.07, 6.45) is 9.54. The van der Waals surface area contributed by atoms with E-state index in [0.29, 0.717) is 12.2 Å². The van der Waals surface area contributed by atoms with Crippen LogP contribution in [0.2, 0.25) is 0 Å². The molecule has 0 radical (unpaired) electrons. The summed E-state index contributed by atoms with van der Waals surface area (Å²) in [5.41, 5.74) is 2.26. The zero-order chi connectivity index (χ0) is 20.9. The quantitative estimate of drug-likeness (QED) is 0.598. The van der Waals surface area contributed by atoms with Crippen molar-refractivity contribution in [2.45, 2.75) is 57.4 Å². The second-order valence-electron chi connectivity index (χ2n) is 8.00. The number of carbonyl (C=O) groups is 3. The standard InChI is InChI=1S/C23H27N3O4/c27-21(24-17-8-3-1-2-4-9-17)22(28)25-18-12-11-16-7-5-13-26(19(16)15-18)23(29)20-10-6-14-30-20/h6,10-12,14-15,17H,1-5,7-9,13H2,(H,24,27)(H,25,28). The number of anilines is 2. The van der Waals surface area contributed by atoms with E-state index >= 15 is 0 Å². The van der Waals surface area contributed by atoms with Gasteiger partial charge >= 0.3 is 11.8 Å². The van der Waals surface area contributed by atoms with Crippen molar-refractivity contribution in [3.8, 4) is 0 Å². The molecule has 1 saturated carbocycles. The fraction of sp³-hybridized carbons (Fsp3) is 0.435. The predicted octanol–water partition coefficient (Wildman–Crippen LogP) is 3.65. The van der Waals surface area contributed by atoms with Crippen molar-refractivity contribution in [3.63, 3.8) is 0 Å². The third-order valence-electron chi connectivity index (χ3n) is 5.84. The van der Waals surface area contributed by atoms with E-state index < -0.39 is 11.8 Å². The average Bonchev–Trinajstić information content (AvgIpc) is 3.18. The monoisotopic (exact) mass is 409 g/mol. The van der Waals surface area contributed by atoms with Gasteiger partial charge in [-0.15, -0.1) is 0 Å². The number of nitrogens with one attached hydrogen (secondary N) is 2. The molecule has 0 spiro atoms. The number of amides is 3. The number of nitrogens with zero attached hydrogens (tertiary/aromatic N) is 1. The van der Waals surface area contributed by atoms with Crippen LogP contribution in [-0.2, 0) is 16.0 Å². The first-order valence-electron chi connectivity index (χ1n) is 10.7. The number of fused-ring (bicyclic) bond motifs is 1. The average molecular weight is 409 g/mol. The lowest BCUT2D eigenvalue weighted by atomic mass is 10.0. The zero-order valence-electron chi connectivity index (χ0n) is 17.0. The van der Waals surface area contributed by atoms with Gasteiger partial charge in [0.1, 0.15) is 0 Å². The summed E-state index contributed by atoms with van der Waals surface area (Å²) in [7, 11) is 0. The number of hydrogen-bond donors (Lipinski definition) is 2. The molecule has 158 valence electrons. The van der Waals surface area contributed by atoms with E-state index in [0.717, 1.165) is 49.8 Å². The molecule has 30 heavy (non-hydrogen) atoms. The summed E-state index contributed by atoms with van der Waals surface area (Å²) in [6, 6.07) is 8.82. The van der Waals surface area contributed by atoms with E-state index in [-0.39, 0.29) is 17.7 Å². The Kier molecular flexibility index (Phi) is 6.16. The molecule has 4 rings (SSSR count). The van der Waals surface area contributed by atoms with Gasteiger partial charge in [-0.25, -0.2) is 0 Å². The van der Waals surface area contributed by atoms with Gasteiger partial charge in [0.05, 0.1) is 6.26 Å². The zero-order valence-corrected chi connectivity index (χ0v) is 17.0. The van der Waals surface area contributed by atoms with Crippen LogP contribution in [0.25, 0.3) is 0 Å². The number of rotatable bonds is 3. The molecule has 0 saturated heterocycles. The third kappa shape index (κ3) is 4.56. The first-order valence-corrected chi connectivity index (χ1v) is 10.7. The summed E-state index contributed by atoms with van der Waals surface area (Å²) >= 11 is 0. The topological polar surface area (TPSA) is 91.7 Å². The first kappa shape index (κ1) is 20.2. The molecular weight excluding hydrogens is 382 g/mol. The Hall–Kier alpha value is -3.09. The highest BCUT2D eigenvalue weighted by atomic mass is 16.3. The normalized spacial score (nSPS) is 17.0. The van der Waals surface area contributed by atoms with Crippen LogP contribution in [0.4, 0.5) is 11.4 Å². The number of aryl methyl sites for hydroxylation is 1. The van der Waals surface area contributed by atoms with Gasteiger partial charge in [-0.05, 0) is 55.5 Å². The molecule has 1 aromatic carbocycles. The van der Waals surface area contributed by atoms with Gasteiger partial charge < -0.3 is 20.0 Å². The van der Waals surface area contributed by atoms with Crippen LogP contribution >= 0.6 is 0 Å². The number of furan rings is 1. The highest BCUT2D eigenvalue weighted by Gasteiger charge is 2.26. The van der Waals surface area contributed by atoms with Gasteiger partial charge in [-0.3, -0.25) is 14.4 Å². The maximum absolute atomic E-state index is 12.8. The largest absolute Gasteiger partial charge is 0.459 e. The Bertz CT molecular complexity index is 915. The molecule has 1 aromatic heterocycles. The minimum Gasteiger partial charge on any atom is -0.459 e. The van der Waals surface area contributed by atoms with Gasteiger partial charge in [0, 0.05) is 24.0 Å². The Balaban J connectivity index is 1.45. The molecule has 2 aliphatic rings. The van der Waals surface area contributed by atoms with Gasteiger partial charge in [-0.1, -0.05) is 31.7 Å². The molecule has 2 heterocycles. The molecule has 0 atom stereocenters. The van der Waals surface area contributed by atoms with Gasteiger partial charge in [-0.2, -0.15) is 0 Å². The molecule has 7 nitrogen and oxygen atoms in total. The highest BCUT2D eigenvalue weighted by Crippen LogP contribution is 2.31. The van der Waals surface area contributed by atoms with Gasteiger partial charge in [0.15, 0.2) is 5.76 Å². The van der Waals surface area contributed by atoms with Crippen LogP contribution in [0.1, 0.15) is 61.1 Å². The van der Waals surface area contributed by atoms with Crippen LogP contribution in [0.5, 0.6) is 0 Å². The van der Waals surface area contributed by atoms with Crippen molar-refractivity contribution in [2.24, 2.45) is 0 Å². The Morgan fingerprint density at radius 2 is 1.77 bits per heavy atom. The molecule has 1 fully saturated rings. The van der Waals surface area contributed by atoms with E-state index in [2.05, 4.69) is 10.6 Å². The number of carbonyl (C=O) groups excluding carboxylic acids is 3. The maximum Gasteiger partial charge on any atom is 0.313 e. The summed E-state index contributed by atoms with van der Waals surface area (Å²) in [4.78, 5) is 39.2. The lowest BCUT2D eigenvalue weighted by Crippen LogP contribution is -2.41. The van der Waals surface area contributed by atoms with E-state index in [9.17, 15) is 14.4 Å². The van der Waals surface area contributed by atoms with Crippen LogP contribution in [0.3, 0.4) is 0 Å². The summed E-state index contributed by atoms with van der Waals surface area (Å²) in [6.45, 7) is 0.575. The van der Waals surface area contributed by atoms with Crippen molar-refractivity contribution in [2.75, 3.05) is 16.8 Å². The molecular formula is C23H27N3O4. The summed E-state index contributed by atoms with van der Waals surface area (Å²) in [5.74, 6) is -1.22. The summed E-state index contributed by atoms with van der Waals surface area (Å²) < 4.78 is 5.26. The molecule has 7 heteroatoms. The lowest BCUT2D eigenvalue weighted by molar-refractivity contribution is -0.136. The van der Waals surface area contributed by atoms with E-state index in [1.165, 1.54) is 19.1 Å². The molecule has 2 aromatic rings. The Morgan fingerprint density at radius 1 is 0.967 bits per heavy atom. The van der Waals surface area contributed by atoms with Crippen molar-refractivity contribution in [3.05, 3.63) is 47.9 Å². The third-order valence-corrected chi connectivity index (χ3v) is 5.84. The Morgan fingerprint density at radius 3 is 2.50 bits per heavy atom. The first-order chi connectivity index (χ1) is 14.6. The predicted molar refractivity (Wildman–Crippen MR) is 113 cm³/mol. The van der Waals surface area contributed by atoms with E-state index in [1.54, 1.807) is 29.2 Å². The van der Waals surface area contributed by atoms with Crippen molar-refractivity contribution in [1.82, 2.24) is 5.32 Å². The number of benzene rings is 1. The fourth-order valence-electron chi connectivity index (χ4n) is 4.26. The van der Waals surface area contributed by atoms with E-state index in [1.807, 2.05) is 6.07 Å². The highest BCUT2D eigenvalue weighted by molar-refractivity contribution is 6.39. The van der Waals surface area contributed by atoms with Crippen molar-refractivity contribution >= 4 is 29.1 Å². The van der Waals surface area contributed by atoms with Crippen molar-refractivity contribution < 1.29 is 18.8 Å². The molecule has 0 bridgehead atoms. The molecule has 0 unspecified atom stereocenters. The van der Waals surface area contributed by atoms with Crippen LogP contribution in [0.15, 0.2) is 41.0 Å².